The van der Waals surface area contributed by atoms with Crippen LogP contribution in [0.1, 0.15) is 22.9 Å². The van der Waals surface area contributed by atoms with Gasteiger partial charge < -0.3 is 9.84 Å². The number of nitrogens with zero attached hydrogens (tertiary/aromatic N) is 2. The van der Waals surface area contributed by atoms with Gasteiger partial charge in [0.2, 0.25) is 0 Å². The summed E-state index contributed by atoms with van der Waals surface area (Å²) >= 11 is 6.08. The summed E-state index contributed by atoms with van der Waals surface area (Å²) in [6.07, 6.45) is 0.521. The number of aliphatic hydroxyl groups is 1. The van der Waals surface area contributed by atoms with Gasteiger partial charge in [-0.2, -0.15) is 5.10 Å². The predicted octanol–water partition coefficient (Wildman–Crippen LogP) is 2.71. The maximum Gasteiger partial charge on any atom is 0.126 e. The molecule has 0 fully saturated rings. The van der Waals surface area contributed by atoms with Gasteiger partial charge in [-0.1, -0.05) is 23.7 Å². The van der Waals surface area contributed by atoms with Gasteiger partial charge in [-0.3, -0.25) is 4.68 Å². The monoisotopic (exact) mass is 298 g/mol. The summed E-state index contributed by atoms with van der Waals surface area (Å²) in [6, 6.07) is 4.47. The van der Waals surface area contributed by atoms with E-state index in [9.17, 15) is 9.50 Å². The maximum atomic E-state index is 13.3. The highest BCUT2D eigenvalue weighted by molar-refractivity contribution is 6.31. The molecule has 0 aliphatic carbocycles. The first-order valence-corrected chi connectivity index (χ1v) is 6.56. The number of aryl methyl sites for hydroxylation is 1. The number of halogens is 2. The van der Waals surface area contributed by atoms with Crippen LogP contribution >= 0.6 is 11.6 Å². The molecule has 108 valence electrons. The van der Waals surface area contributed by atoms with Crippen molar-refractivity contribution in [3.8, 4) is 0 Å². The van der Waals surface area contributed by atoms with Crippen molar-refractivity contribution >= 4 is 11.6 Å². The van der Waals surface area contributed by atoms with E-state index in [1.165, 1.54) is 18.3 Å². The molecule has 4 nitrogen and oxygen atoms in total. The molecule has 2 aromatic rings. The van der Waals surface area contributed by atoms with E-state index < -0.39 is 6.10 Å². The second-order valence-corrected chi connectivity index (χ2v) is 4.91. The average molecular weight is 299 g/mol. The van der Waals surface area contributed by atoms with Gasteiger partial charge >= 0.3 is 0 Å². The Morgan fingerprint density at radius 2 is 2.25 bits per heavy atom. The average Bonchev–Trinajstić information content (AvgIpc) is 2.80. The summed E-state index contributed by atoms with van der Waals surface area (Å²) in [5.74, 6) is -0.306. The Labute approximate surface area is 121 Å². The van der Waals surface area contributed by atoms with E-state index in [4.69, 9.17) is 16.3 Å². The molecular formula is C14H16ClFN2O2. The Morgan fingerprint density at radius 1 is 1.50 bits per heavy atom. The van der Waals surface area contributed by atoms with Crippen molar-refractivity contribution in [2.75, 3.05) is 13.7 Å². The number of ether oxygens (including phenoxy) is 1. The second-order valence-electron chi connectivity index (χ2n) is 4.50. The first-order valence-electron chi connectivity index (χ1n) is 6.19. The van der Waals surface area contributed by atoms with Crippen LogP contribution in [-0.4, -0.2) is 28.6 Å². The van der Waals surface area contributed by atoms with E-state index in [1.807, 2.05) is 0 Å². The van der Waals surface area contributed by atoms with E-state index >= 15 is 0 Å². The van der Waals surface area contributed by atoms with Crippen molar-refractivity contribution in [2.24, 2.45) is 0 Å². The summed E-state index contributed by atoms with van der Waals surface area (Å²) < 4.78 is 19.9. The first-order chi connectivity index (χ1) is 9.54. The Balaban J connectivity index is 2.34. The predicted molar refractivity (Wildman–Crippen MR) is 74.3 cm³/mol. The van der Waals surface area contributed by atoms with E-state index in [-0.39, 0.29) is 5.82 Å². The Hall–Kier alpha value is -1.43. The highest BCUT2D eigenvalue weighted by Crippen LogP contribution is 2.29. The fourth-order valence-corrected chi connectivity index (χ4v) is 2.24. The number of benzene rings is 1. The molecule has 0 amide bonds. The summed E-state index contributed by atoms with van der Waals surface area (Å²) in [4.78, 5) is 0. The SMILES string of the molecule is COCCn1ncc(Cl)c1C(O)c1ccc(F)c(C)c1. The lowest BCUT2D eigenvalue weighted by atomic mass is 10.0. The van der Waals surface area contributed by atoms with Crippen molar-refractivity contribution < 1.29 is 14.2 Å². The van der Waals surface area contributed by atoms with E-state index in [1.54, 1.807) is 24.8 Å². The zero-order valence-electron chi connectivity index (χ0n) is 11.3. The Morgan fingerprint density at radius 3 is 2.90 bits per heavy atom. The third-order valence-electron chi connectivity index (χ3n) is 3.10. The molecule has 1 atom stereocenters. The van der Waals surface area contributed by atoms with Crippen LogP contribution in [0.5, 0.6) is 0 Å². The molecule has 0 aliphatic heterocycles. The lowest BCUT2D eigenvalue weighted by Crippen LogP contribution is -2.13. The molecule has 1 heterocycles. The maximum absolute atomic E-state index is 13.3. The lowest BCUT2D eigenvalue weighted by molar-refractivity contribution is 0.171. The number of aromatic nitrogens is 2. The molecule has 0 spiro atoms. The Bertz CT molecular complexity index is 601. The van der Waals surface area contributed by atoms with Gasteiger partial charge in [0.1, 0.15) is 11.9 Å². The number of rotatable bonds is 5. The minimum absolute atomic E-state index is 0.306. The van der Waals surface area contributed by atoms with E-state index in [2.05, 4.69) is 5.10 Å². The molecule has 1 unspecified atom stereocenters. The van der Waals surface area contributed by atoms with Gasteiger partial charge in [-0.05, 0) is 24.1 Å². The standard InChI is InChI=1S/C14H16ClFN2O2/c1-9-7-10(3-4-12(9)16)14(19)13-11(15)8-17-18(13)5-6-20-2/h3-4,7-8,14,19H,5-6H2,1-2H3. The first kappa shape index (κ1) is 15.0. The molecule has 1 aromatic carbocycles. The van der Waals surface area contributed by atoms with E-state index in [0.717, 1.165) is 0 Å². The third-order valence-corrected chi connectivity index (χ3v) is 3.39. The molecule has 0 saturated carbocycles. The largest absolute Gasteiger partial charge is 0.383 e. The number of hydrogen-bond acceptors (Lipinski definition) is 3. The zero-order chi connectivity index (χ0) is 14.7. The van der Waals surface area contributed by atoms with Crippen molar-refractivity contribution in [3.05, 3.63) is 52.1 Å². The number of aliphatic hydroxyl groups excluding tert-OH is 1. The Kier molecular flexibility index (Phi) is 4.75. The highest BCUT2D eigenvalue weighted by atomic mass is 35.5. The van der Waals surface area contributed by atoms with Crippen molar-refractivity contribution in [1.29, 1.82) is 0 Å². The van der Waals surface area contributed by atoms with Crippen molar-refractivity contribution in [2.45, 2.75) is 19.6 Å². The lowest BCUT2D eigenvalue weighted by Gasteiger charge is -2.15. The molecule has 20 heavy (non-hydrogen) atoms. The van der Waals surface area contributed by atoms with Crippen LogP contribution < -0.4 is 0 Å². The van der Waals surface area contributed by atoms with Gasteiger partial charge in [0.15, 0.2) is 0 Å². The van der Waals surface area contributed by atoms with Gasteiger partial charge in [0.05, 0.1) is 30.1 Å². The number of hydrogen-bond donors (Lipinski definition) is 1. The molecule has 0 saturated heterocycles. The van der Waals surface area contributed by atoms with Crippen LogP contribution in [0.15, 0.2) is 24.4 Å². The van der Waals surface area contributed by atoms with Gasteiger partial charge in [-0.25, -0.2) is 4.39 Å². The molecular weight excluding hydrogens is 283 g/mol. The van der Waals surface area contributed by atoms with Gasteiger partial charge in [0.25, 0.3) is 0 Å². The summed E-state index contributed by atoms with van der Waals surface area (Å²) in [7, 11) is 1.59. The molecule has 0 aliphatic rings. The molecule has 0 radical (unpaired) electrons. The molecule has 6 heteroatoms. The summed E-state index contributed by atoms with van der Waals surface area (Å²) in [5.41, 5.74) is 1.53. The van der Waals surface area contributed by atoms with Crippen LogP contribution in [0.2, 0.25) is 5.02 Å². The quantitative estimate of drug-likeness (QED) is 0.923. The highest BCUT2D eigenvalue weighted by Gasteiger charge is 2.20. The fraction of sp³-hybridized carbons (Fsp3) is 0.357. The molecule has 0 bridgehead atoms. The second kappa shape index (κ2) is 6.35. The van der Waals surface area contributed by atoms with Crippen LogP contribution in [0, 0.1) is 12.7 Å². The molecule has 2 rings (SSSR count). The topological polar surface area (TPSA) is 47.3 Å². The minimum Gasteiger partial charge on any atom is -0.383 e. The smallest absolute Gasteiger partial charge is 0.126 e. The summed E-state index contributed by atoms with van der Waals surface area (Å²) in [5, 5.41) is 14.9. The molecule has 1 aromatic heterocycles. The van der Waals surface area contributed by atoms with Crippen LogP contribution in [0.25, 0.3) is 0 Å². The zero-order valence-corrected chi connectivity index (χ0v) is 12.1. The fourth-order valence-electron chi connectivity index (χ4n) is 2.00. The van der Waals surface area contributed by atoms with Gasteiger partial charge in [0, 0.05) is 7.11 Å². The normalized spacial score (nSPS) is 12.7. The molecule has 1 N–H and O–H groups in total. The third kappa shape index (κ3) is 3.00. The van der Waals surface area contributed by atoms with Crippen molar-refractivity contribution in [3.63, 3.8) is 0 Å². The van der Waals surface area contributed by atoms with Crippen LogP contribution in [0.4, 0.5) is 4.39 Å². The van der Waals surface area contributed by atoms with E-state index in [0.29, 0.717) is 35.0 Å². The van der Waals surface area contributed by atoms with Crippen LogP contribution in [0.3, 0.4) is 0 Å². The van der Waals surface area contributed by atoms with Crippen molar-refractivity contribution in [1.82, 2.24) is 9.78 Å². The summed E-state index contributed by atoms with van der Waals surface area (Å²) in [6.45, 7) is 2.59. The number of methoxy groups -OCH3 is 1. The minimum atomic E-state index is -0.957. The van der Waals surface area contributed by atoms with Gasteiger partial charge in [-0.15, -0.1) is 0 Å². The van der Waals surface area contributed by atoms with Crippen LogP contribution in [-0.2, 0) is 11.3 Å².